The Hall–Kier alpha value is -1.44. The molecule has 0 bridgehead atoms. The molecule has 1 aliphatic heterocycles. The van der Waals surface area contributed by atoms with Crippen molar-refractivity contribution >= 4 is 5.88 Å². The second-order valence-corrected chi connectivity index (χ2v) is 4.47. The Morgan fingerprint density at radius 1 is 1.58 bits per heavy atom. The quantitative estimate of drug-likeness (QED) is 0.638. The molecule has 1 aromatic rings. The van der Waals surface area contributed by atoms with Gasteiger partial charge in [-0.1, -0.05) is 6.92 Å². The molecule has 19 heavy (non-hydrogen) atoms. The molecule has 0 saturated carbocycles. The van der Waals surface area contributed by atoms with Gasteiger partial charge in [0.05, 0.1) is 24.8 Å². The number of nitro groups is 1. The van der Waals surface area contributed by atoms with Gasteiger partial charge in [-0.25, -0.2) is 0 Å². The van der Waals surface area contributed by atoms with Crippen molar-refractivity contribution in [3.05, 3.63) is 28.0 Å². The molecule has 1 saturated heterocycles. The van der Waals surface area contributed by atoms with E-state index in [0.717, 1.165) is 13.1 Å². The lowest BCUT2D eigenvalue weighted by atomic mass is 10.0. The van der Waals surface area contributed by atoms with Crippen molar-refractivity contribution in [3.8, 4) is 0 Å². The van der Waals surface area contributed by atoms with Crippen LogP contribution in [-0.2, 0) is 4.74 Å². The van der Waals surface area contributed by atoms with Crippen LogP contribution >= 0.6 is 0 Å². The third kappa shape index (κ3) is 2.94. The first-order valence-electron chi connectivity index (χ1n) is 6.41. The van der Waals surface area contributed by atoms with E-state index in [-0.39, 0.29) is 18.0 Å². The number of hydrogen-bond acceptors (Lipinski definition) is 6. The van der Waals surface area contributed by atoms with Crippen LogP contribution in [0.25, 0.3) is 0 Å². The molecule has 1 aliphatic rings. The van der Waals surface area contributed by atoms with E-state index in [1.165, 1.54) is 6.07 Å². The molecule has 1 aromatic heterocycles. The van der Waals surface area contributed by atoms with Crippen molar-refractivity contribution in [2.45, 2.75) is 19.1 Å². The zero-order chi connectivity index (χ0) is 13.8. The van der Waals surface area contributed by atoms with Gasteiger partial charge >= 0.3 is 5.88 Å². The van der Waals surface area contributed by atoms with E-state index >= 15 is 0 Å². The Bertz CT molecular complexity index is 432. The fourth-order valence-corrected chi connectivity index (χ4v) is 2.48. The number of morpholine rings is 1. The van der Waals surface area contributed by atoms with Crippen LogP contribution in [-0.4, -0.2) is 49.2 Å². The fraction of sp³-hybridized carbons (Fsp3) is 0.667. The second kappa shape index (κ2) is 6.14. The molecule has 1 N–H and O–H groups in total. The Kier molecular flexibility index (Phi) is 4.52. The van der Waals surface area contributed by atoms with Crippen molar-refractivity contribution in [3.63, 3.8) is 0 Å². The molecule has 2 heterocycles. The Morgan fingerprint density at radius 3 is 2.95 bits per heavy atom. The predicted molar refractivity (Wildman–Crippen MR) is 69.0 cm³/mol. The van der Waals surface area contributed by atoms with Crippen LogP contribution in [0.3, 0.4) is 0 Å². The summed E-state index contributed by atoms with van der Waals surface area (Å²) in [5.74, 6) is 0.369. The summed E-state index contributed by atoms with van der Waals surface area (Å²) in [5.41, 5.74) is 0. The van der Waals surface area contributed by atoms with Crippen LogP contribution in [0, 0.1) is 10.1 Å². The van der Waals surface area contributed by atoms with Gasteiger partial charge in [-0.2, -0.15) is 0 Å². The van der Waals surface area contributed by atoms with E-state index in [0.29, 0.717) is 18.9 Å². The monoisotopic (exact) mass is 269 g/mol. The van der Waals surface area contributed by atoms with Gasteiger partial charge in [0, 0.05) is 13.1 Å². The van der Waals surface area contributed by atoms with E-state index in [1.54, 1.807) is 6.07 Å². The molecule has 0 amide bonds. The first-order valence-corrected chi connectivity index (χ1v) is 6.41. The summed E-state index contributed by atoms with van der Waals surface area (Å²) in [4.78, 5) is 12.4. The van der Waals surface area contributed by atoms with Gasteiger partial charge in [-0.3, -0.25) is 15.0 Å². The van der Waals surface area contributed by atoms with Gasteiger partial charge < -0.3 is 14.5 Å². The Labute approximate surface area is 111 Å². The van der Waals surface area contributed by atoms with Crippen molar-refractivity contribution in [2.24, 2.45) is 0 Å². The van der Waals surface area contributed by atoms with Gasteiger partial charge in [-0.15, -0.1) is 0 Å². The van der Waals surface area contributed by atoms with Crippen molar-refractivity contribution in [2.75, 3.05) is 33.3 Å². The number of hydrogen-bond donors (Lipinski definition) is 1. The predicted octanol–water partition coefficient (Wildman–Crippen LogP) is 1.17. The highest BCUT2D eigenvalue weighted by Crippen LogP contribution is 2.32. The van der Waals surface area contributed by atoms with Crippen LogP contribution in [0.1, 0.15) is 18.7 Å². The number of nitrogens with zero attached hydrogens (tertiary/aromatic N) is 2. The number of rotatable bonds is 5. The maximum Gasteiger partial charge on any atom is 0.433 e. The maximum atomic E-state index is 10.7. The summed E-state index contributed by atoms with van der Waals surface area (Å²) in [7, 11) is 1.86. The molecule has 7 nitrogen and oxygen atoms in total. The third-order valence-corrected chi connectivity index (χ3v) is 3.35. The SMILES string of the molecule is CCN1CCOC(CNC)C1c1ccc([N+](=O)[O-])o1. The standard InChI is InChI=1S/C12H19N3O4/c1-3-14-6-7-18-10(8-13-2)12(14)9-4-5-11(19-9)15(16)17/h4-5,10,12-13H,3,6-8H2,1-2H3. The summed E-state index contributed by atoms with van der Waals surface area (Å²) in [6, 6.07) is 2.98. The first kappa shape index (κ1) is 14.0. The molecule has 0 spiro atoms. The minimum absolute atomic E-state index is 0.0653. The van der Waals surface area contributed by atoms with E-state index in [9.17, 15) is 10.1 Å². The summed E-state index contributed by atoms with van der Waals surface area (Å²) in [6.07, 6.45) is -0.0653. The van der Waals surface area contributed by atoms with E-state index in [4.69, 9.17) is 9.15 Å². The highest BCUT2D eigenvalue weighted by molar-refractivity contribution is 5.21. The number of furan rings is 1. The zero-order valence-corrected chi connectivity index (χ0v) is 11.2. The van der Waals surface area contributed by atoms with Crippen LogP contribution in [0.2, 0.25) is 0 Å². The minimum atomic E-state index is -0.517. The fourth-order valence-electron chi connectivity index (χ4n) is 2.48. The first-order chi connectivity index (χ1) is 9.17. The molecule has 0 aliphatic carbocycles. The van der Waals surface area contributed by atoms with Gasteiger partial charge in [-0.05, 0) is 19.7 Å². The summed E-state index contributed by atoms with van der Waals surface area (Å²) in [6.45, 7) is 5.06. The lowest BCUT2D eigenvalue weighted by Crippen LogP contribution is -2.48. The highest BCUT2D eigenvalue weighted by atomic mass is 16.6. The topological polar surface area (TPSA) is 80.8 Å². The largest absolute Gasteiger partial charge is 0.433 e. The second-order valence-electron chi connectivity index (χ2n) is 4.47. The van der Waals surface area contributed by atoms with Gasteiger partial charge in [0.25, 0.3) is 0 Å². The minimum Gasteiger partial charge on any atom is -0.404 e. The zero-order valence-electron chi connectivity index (χ0n) is 11.2. The van der Waals surface area contributed by atoms with Crippen LogP contribution in [0.15, 0.2) is 16.5 Å². The Morgan fingerprint density at radius 2 is 2.37 bits per heavy atom. The molecule has 1 fully saturated rings. The van der Waals surface area contributed by atoms with E-state index in [1.807, 2.05) is 7.05 Å². The molecular weight excluding hydrogens is 250 g/mol. The lowest BCUT2D eigenvalue weighted by molar-refractivity contribution is -0.402. The van der Waals surface area contributed by atoms with Gasteiger partial charge in [0.15, 0.2) is 0 Å². The van der Waals surface area contributed by atoms with Crippen molar-refractivity contribution in [1.29, 1.82) is 0 Å². The van der Waals surface area contributed by atoms with Crippen molar-refractivity contribution in [1.82, 2.24) is 10.2 Å². The smallest absolute Gasteiger partial charge is 0.404 e. The van der Waals surface area contributed by atoms with E-state index in [2.05, 4.69) is 17.1 Å². The molecule has 2 atom stereocenters. The number of ether oxygens (including phenoxy) is 1. The number of nitrogens with one attached hydrogen (secondary N) is 1. The normalized spacial score (nSPS) is 24.5. The highest BCUT2D eigenvalue weighted by Gasteiger charge is 2.35. The average Bonchev–Trinajstić information content (AvgIpc) is 2.88. The van der Waals surface area contributed by atoms with Crippen LogP contribution in [0.4, 0.5) is 5.88 Å². The number of likely N-dealkylation sites (N-methyl/N-ethyl adjacent to an activating group) is 2. The van der Waals surface area contributed by atoms with Gasteiger partial charge in [0.1, 0.15) is 10.7 Å². The summed E-state index contributed by atoms with van der Waals surface area (Å²) >= 11 is 0. The average molecular weight is 269 g/mol. The lowest BCUT2D eigenvalue weighted by Gasteiger charge is -2.39. The molecule has 0 aromatic carbocycles. The molecule has 106 valence electrons. The van der Waals surface area contributed by atoms with E-state index < -0.39 is 4.92 Å². The van der Waals surface area contributed by atoms with Crippen molar-refractivity contribution < 1.29 is 14.1 Å². The molecule has 2 rings (SSSR count). The van der Waals surface area contributed by atoms with Crippen LogP contribution in [0.5, 0.6) is 0 Å². The molecule has 2 unspecified atom stereocenters. The molecule has 0 radical (unpaired) electrons. The van der Waals surface area contributed by atoms with Crippen LogP contribution < -0.4 is 5.32 Å². The molecule has 7 heteroatoms. The maximum absolute atomic E-state index is 10.7. The molecular formula is C12H19N3O4. The Balaban J connectivity index is 2.25. The van der Waals surface area contributed by atoms with Gasteiger partial charge in [0.2, 0.25) is 0 Å². The summed E-state index contributed by atoms with van der Waals surface area (Å²) in [5, 5.41) is 13.8. The third-order valence-electron chi connectivity index (χ3n) is 3.35. The summed E-state index contributed by atoms with van der Waals surface area (Å²) < 4.78 is 11.1.